The largest absolute Gasteiger partial charge is 0.451 e. The van der Waals surface area contributed by atoms with Crippen molar-refractivity contribution in [1.29, 1.82) is 0 Å². The topological polar surface area (TPSA) is 106 Å². The van der Waals surface area contributed by atoms with Gasteiger partial charge in [-0.05, 0) is 31.4 Å². The Bertz CT molecular complexity index is 1390. The highest BCUT2D eigenvalue weighted by Gasteiger charge is 2.21. The highest BCUT2D eigenvalue weighted by molar-refractivity contribution is 7.99. The van der Waals surface area contributed by atoms with Gasteiger partial charge in [0.2, 0.25) is 0 Å². The van der Waals surface area contributed by atoms with Gasteiger partial charge in [-0.2, -0.15) is 5.10 Å². The van der Waals surface area contributed by atoms with Crippen LogP contribution >= 0.6 is 11.8 Å². The van der Waals surface area contributed by atoms with Crippen molar-refractivity contribution in [2.45, 2.75) is 37.9 Å². The Morgan fingerprint density at radius 1 is 1.18 bits per heavy atom. The van der Waals surface area contributed by atoms with Gasteiger partial charge in [0, 0.05) is 31.5 Å². The third-order valence-corrected chi connectivity index (χ3v) is 6.82. The van der Waals surface area contributed by atoms with E-state index in [0.29, 0.717) is 24.1 Å². The van der Waals surface area contributed by atoms with Gasteiger partial charge in [-0.1, -0.05) is 30.8 Å². The van der Waals surface area contributed by atoms with Gasteiger partial charge in [0.1, 0.15) is 11.4 Å². The number of thioether (sulfide) groups is 1. The van der Waals surface area contributed by atoms with Crippen molar-refractivity contribution >= 4 is 45.5 Å². The maximum absolute atomic E-state index is 12.6. The van der Waals surface area contributed by atoms with E-state index in [4.69, 9.17) is 14.4 Å². The number of hydrogen-bond donors (Lipinski definition) is 1. The van der Waals surface area contributed by atoms with Crippen LogP contribution in [0.25, 0.3) is 22.0 Å². The van der Waals surface area contributed by atoms with Crippen LogP contribution in [0.4, 0.5) is 5.82 Å². The lowest BCUT2D eigenvalue weighted by atomic mass is 10.2. The minimum Gasteiger partial charge on any atom is -0.451 e. The second-order valence-corrected chi connectivity index (χ2v) is 9.27. The summed E-state index contributed by atoms with van der Waals surface area (Å²) in [6, 6.07) is 8.11. The number of anilines is 1. The lowest BCUT2D eigenvalue weighted by Gasteiger charge is -2.18. The maximum atomic E-state index is 12.6. The summed E-state index contributed by atoms with van der Waals surface area (Å²) in [4.78, 5) is 36.8. The molecule has 1 saturated heterocycles. The number of rotatable bonds is 8. The SMILES string of the molecule is CCCSc1nc(N2CCCC2)c2cnn(CCNC(=O)c3cc(=O)c4ccccc4o3)c2n1. The molecule has 1 aromatic carbocycles. The molecule has 1 fully saturated rings. The first-order chi connectivity index (χ1) is 16.6. The van der Waals surface area contributed by atoms with Crippen LogP contribution in [0.5, 0.6) is 0 Å². The number of fused-ring (bicyclic) bond motifs is 2. The fraction of sp³-hybridized carbons (Fsp3) is 0.375. The summed E-state index contributed by atoms with van der Waals surface area (Å²) in [6.07, 6.45) is 5.17. The summed E-state index contributed by atoms with van der Waals surface area (Å²) < 4.78 is 7.42. The monoisotopic (exact) mass is 478 g/mol. The fourth-order valence-electron chi connectivity index (χ4n) is 4.09. The van der Waals surface area contributed by atoms with Crippen molar-refractivity contribution in [3.05, 3.63) is 52.5 Å². The molecule has 0 radical (unpaired) electrons. The first-order valence-electron chi connectivity index (χ1n) is 11.6. The van der Waals surface area contributed by atoms with E-state index in [1.807, 2.05) is 0 Å². The number of nitrogens with one attached hydrogen (secondary N) is 1. The number of hydrogen-bond acceptors (Lipinski definition) is 8. The summed E-state index contributed by atoms with van der Waals surface area (Å²) in [6.45, 7) is 4.86. The number of carbonyl (C=O) groups is 1. The zero-order chi connectivity index (χ0) is 23.5. The predicted octanol–water partition coefficient (Wildman–Crippen LogP) is 3.47. The number of para-hydroxylation sites is 1. The summed E-state index contributed by atoms with van der Waals surface area (Å²) in [5.74, 6) is 1.44. The Kier molecular flexibility index (Phi) is 6.48. The van der Waals surface area contributed by atoms with Gasteiger partial charge in [-0.25, -0.2) is 14.6 Å². The van der Waals surface area contributed by atoms with Crippen LogP contribution in [0, 0.1) is 0 Å². The van der Waals surface area contributed by atoms with Crippen molar-refractivity contribution in [3.63, 3.8) is 0 Å². The van der Waals surface area contributed by atoms with E-state index in [9.17, 15) is 9.59 Å². The second kappa shape index (κ2) is 9.84. The molecule has 0 atom stereocenters. The minimum absolute atomic E-state index is 0.00841. The van der Waals surface area contributed by atoms with Crippen molar-refractivity contribution in [3.8, 4) is 0 Å². The molecule has 5 rings (SSSR count). The minimum atomic E-state index is -0.439. The molecule has 3 aromatic heterocycles. The average Bonchev–Trinajstić information content (AvgIpc) is 3.53. The number of aromatic nitrogens is 4. The van der Waals surface area contributed by atoms with Crippen LogP contribution in [-0.4, -0.2) is 51.0 Å². The standard InChI is InChI=1S/C24H26N6O3S/c1-2-13-34-24-27-21(29-10-5-6-11-29)17-15-26-30(22(17)28-24)12-9-25-23(32)20-14-18(31)16-7-3-4-8-19(16)33-20/h3-4,7-8,14-15H,2,5-6,9-13H2,1H3,(H,25,32). The maximum Gasteiger partial charge on any atom is 0.287 e. The van der Waals surface area contributed by atoms with E-state index < -0.39 is 5.91 Å². The molecular formula is C24H26N6O3S. The summed E-state index contributed by atoms with van der Waals surface area (Å²) in [5, 5.41) is 9.47. The predicted molar refractivity (Wildman–Crippen MR) is 133 cm³/mol. The van der Waals surface area contributed by atoms with Crippen molar-refractivity contribution in [2.75, 3.05) is 30.3 Å². The molecule has 0 spiro atoms. The Hall–Kier alpha value is -3.40. The Morgan fingerprint density at radius 2 is 2.00 bits per heavy atom. The third-order valence-electron chi connectivity index (χ3n) is 5.76. The summed E-state index contributed by atoms with van der Waals surface area (Å²) >= 11 is 1.65. The first-order valence-corrected chi connectivity index (χ1v) is 12.5. The van der Waals surface area contributed by atoms with Crippen LogP contribution in [0.15, 0.2) is 50.9 Å². The molecule has 176 valence electrons. The van der Waals surface area contributed by atoms with Crippen LogP contribution in [0.2, 0.25) is 0 Å². The van der Waals surface area contributed by atoms with E-state index in [1.54, 1.807) is 46.9 Å². The molecule has 4 heterocycles. The van der Waals surface area contributed by atoms with Crippen LogP contribution in [-0.2, 0) is 6.54 Å². The number of benzene rings is 1. The average molecular weight is 479 g/mol. The van der Waals surface area contributed by atoms with Gasteiger partial charge in [-0.3, -0.25) is 9.59 Å². The highest BCUT2D eigenvalue weighted by Crippen LogP contribution is 2.29. The molecule has 1 N–H and O–H groups in total. The Balaban J connectivity index is 1.34. The molecule has 9 nitrogen and oxygen atoms in total. The van der Waals surface area contributed by atoms with Gasteiger partial charge in [0.25, 0.3) is 5.91 Å². The number of nitrogens with zero attached hydrogens (tertiary/aromatic N) is 5. The smallest absolute Gasteiger partial charge is 0.287 e. The summed E-state index contributed by atoms with van der Waals surface area (Å²) in [7, 11) is 0. The van der Waals surface area contributed by atoms with Crippen LogP contribution < -0.4 is 15.6 Å². The molecule has 1 aliphatic rings. The molecule has 0 saturated carbocycles. The van der Waals surface area contributed by atoms with Crippen molar-refractivity contribution in [2.24, 2.45) is 0 Å². The molecular weight excluding hydrogens is 452 g/mol. The van der Waals surface area contributed by atoms with Gasteiger partial charge >= 0.3 is 0 Å². The van der Waals surface area contributed by atoms with Gasteiger partial charge in [0.15, 0.2) is 22.0 Å². The summed E-state index contributed by atoms with van der Waals surface area (Å²) in [5.41, 5.74) is 0.914. The molecule has 1 aliphatic heterocycles. The zero-order valence-corrected chi connectivity index (χ0v) is 19.8. The van der Waals surface area contributed by atoms with Gasteiger partial charge in [0.05, 0.1) is 23.5 Å². The highest BCUT2D eigenvalue weighted by atomic mass is 32.2. The fourth-order valence-corrected chi connectivity index (χ4v) is 4.78. The Labute approximate surface area is 200 Å². The normalized spacial score (nSPS) is 13.7. The second-order valence-electron chi connectivity index (χ2n) is 8.20. The quantitative estimate of drug-likeness (QED) is 0.303. The molecule has 1 amide bonds. The van der Waals surface area contributed by atoms with E-state index in [2.05, 4.69) is 22.2 Å². The Morgan fingerprint density at radius 3 is 2.82 bits per heavy atom. The van der Waals surface area contributed by atoms with Crippen molar-refractivity contribution < 1.29 is 9.21 Å². The number of amides is 1. The molecule has 34 heavy (non-hydrogen) atoms. The lowest BCUT2D eigenvalue weighted by Crippen LogP contribution is -2.28. The first kappa shape index (κ1) is 22.4. The molecule has 0 bridgehead atoms. The third kappa shape index (κ3) is 4.50. The van der Waals surface area contributed by atoms with E-state index >= 15 is 0 Å². The van der Waals surface area contributed by atoms with Crippen molar-refractivity contribution in [1.82, 2.24) is 25.1 Å². The molecule has 10 heteroatoms. The van der Waals surface area contributed by atoms with Gasteiger partial charge in [-0.15, -0.1) is 0 Å². The number of carbonyl (C=O) groups excluding carboxylic acids is 1. The van der Waals surface area contributed by atoms with E-state index in [1.165, 1.54) is 6.07 Å². The van der Waals surface area contributed by atoms with E-state index in [-0.39, 0.29) is 11.2 Å². The molecule has 0 aliphatic carbocycles. The van der Waals surface area contributed by atoms with E-state index in [0.717, 1.165) is 60.1 Å². The molecule has 4 aromatic rings. The zero-order valence-electron chi connectivity index (χ0n) is 19.0. The van der Waals surface area contributed by atoms with Crippen LogP contribution in [0.1, 0.15) is 36.7 Å². The lowest BCUT2D eigenvalue weighted by molar-refractivity contribution is 0.0925. The van der Waals surface area contributed by atoms with Gasteiger partial charge < -0.3 is 14.6 Å². The molecule has 0 unspecified atom stereocenters. The van der Waals surface area contributed by atoms with Crippen LogP contribution in [0.3, 0.4) is 0 Å².